The Morgan fingerprint density at radius 3 is 0.793 bits per heavy atom. The van der Waals surface area contributed by atoms with E-state index in [0.29, 0.717) is 0 Å². The van der Waals surface area contributed by atoms with Crippen LogP contribution in [0.25, 0.3) is 0 Å². The standard InChI is InChI=1S/2C12H10P.C2H5.Al/c2*1-3-7-11(8-4-1)13-12-9-5-2-6-10-12;1-2;/h2*1-10H;1H2,2H3;/q2*-1;;+2. The van der Waals surface area contributed by atoms with E-state index in [0.717, 1.165) is 0 Å². The molecule has 0 atom stereocenters. The molecule has 4 rings (SSSR count). The van der Waals surface area contributed by atoms with Crippen molar-refractivity contribution in [3.05, 3.63) is 121 Å². The molecule has 0 nitrogen and oxygen atoms in total. The average molecular weight is 426 g/mol. The van der Waals surface area contributed by atoms with Crippen LogP contribution in [0.3, 0.4) is 0 Å². The molecule has 0 aliphatic heterocycles. The minimum atomic E-state index is 1.17. The van der Waals surface area contributed by atoms with Crippen LogP contribution in [-0.4, -0.2) is 16.3 Å². The van der Waals surface area contributed by atoms with E-state index in [-0.39, 0.29) is 0 Å². The van der Waals surface area contributed by atoms with E-state index in [1.165, 1.54) is 43.7 Å². The first-order chi connectivity index (χ1) is 14.3. The molecule has 3 heteroatoms. The van der Waals surface area contributed by atoms with E-state index < -0.39 is 0 Å². The smallest absolute Gasteiger partial charge is 0.0624 e. The van der Waals surface area contributed by atoms with Crippen LogP contribution in [-0.2, 0) is 0 Å². The molecule has 0 aliphatic rings. The van der Waals surface area contributed by atoms with Crippen LogP contribution in [0.15, 0.2) is 121 Å². The quantitative estimate of drug-likeness (QED) is 0.288. The van der Waals surface area contributed by atoms with Crippen molar-refractivity contribution in [2.75, 3.05) is 0 Å². The molecule has 0 aromatic heterocycles. The van der Waals surface area contributed by atoms with Crippen LogP contribution in [0.4, 0.5) is 0 Å². The number of rotatable bonds is 4. The zero-order valence-electron chi connectivity index (χ0n) is 16.7. The van der Waals surface area contributed by atoms with Gasteiger partial charge in [-0.2, -0.15) is 0 Å². The second kappa shape index (κ2) is 15.2. The number of benzene rings is 4. The topological polar surface area (TPSA) is 0 Å². The first kappa shape index (κ1) is 23.6. The fourth-order valence-electron chi connectivity index (χ4n) is 2.31. The van der Waals surface area contributed by atoms with Crippen LogP contribution in [0, 0.1) is 0 Å². The van der Waals surface area contributed by atoms with Gasteiger partial charge < -0.3 is 17.2 Å². The Hall–Kier alpha value is -1.73. The van der Waals surface area contributed by atoms with Gasteiger partial charge in [0.15, 0.2) is 0 Å². The molecular formula is C26H25AlP2. The number of hydrogen-bond acceptors (Lipinski definition) is 0. The van der Waals surface area contributed by atoms with Gasteiger partial charge in [0.05, 0.1) is 0 Å². The van der Waals surface area contributed by atoms with E-state index in [2.05, 4.69) is 120 Å². The molecule has 0 fully saturated rings. The van der Waals surface area contributed by atoms with Gasteiger partial charge in [-0.15, -0.1) is 0 Å². The molecule has 0 N–H and O–H groups in total. The zero-order valence-corrected chi connectivity index (χ0v) is 19.7. The molecular weight excluding hydrogens is 401 g/mol. The largest absolute Gasteiger partial charge is 0.472 e. The van der Waals surface area contributed by atoms with Crippen LogP contribution in [0.5, 0.6) is 0 Å². The van der Waals surface area contributed by atoms with Crippen molar-refractivity contribution in [1.29, 1.82) is 0 Å². The summed E-state index contributed by atoms with van der Waals surface area (Å²) in [5.41, 5.74) is 0. The van der Waals surface area contributed by atoms with Crippen molar-refractivity contribution in [3.63, 3.8) is 0 Å². The van der Waals surface area contributed by atoms with Gasteiger partial charge in [-0.25, -0.2) is 21.2 Å². The fraction of sp³-hybridized carbons (Fsp3) is 0.0769. The maximum Gasteiger partial charge on any atom is -0.0624 e. The molecule has 0 heterocycles. The summed E-state index contributed by atoms with van der Waals surface area (Å²) in [5, 5.41) is 6.53. The molecule has 0 unspecified atom stereocenters. The molecule has 4 aromatic rings. The second-order valence-corrected chi connectivity index (χ2v) is 9.30. The minimum Gasteiger partial charge on any atom is -0.472 e. The van der Waals surface area contributed by atoms with E-state index >= 15 is 0 Å². The van der Waals surface area contributed by atoms with Gasteiger partial charge in [-0.3, -0.25) is 0 Å². The summed E-state index contributed by atoms with van der Waals surface area (Å²) >= 11 is 2.58. The summed E-state index contributed by atoms with van der Waals surface area (Å²) in [4.78, 5) is 0. The van der Waals surface area contributed by atoms with Crippen molar-refractivity contribution in [2.24, 2.45) is 0 Å². The van der Waals surface area contributed by atoms with Gasteiger partial charge in [-0.05, 0) is 0 Å². The van der Waals surface area contributed by atoms with Gasteiger partial charge >= 0.3 is 28.5 Å². The third-order valence-electron chi connectivity index (χ3n) is 3.54. The predicted molar refractivity (Wildman–Crippen MR) is 134 cm³/mol. The van der Waals surface area contributed by atoms with Crippen molar-refractivity contribution >= 4 is 54.7 Å². The molecule has 0 saturated carbocycles. The van der Waals surface area contributed by atoms with Crippen molar-refractivity contribution in [3.8, 4) is 0 Å². The zero-order chi connectivity index (χ0) is 20.6. The van der Waals surface area contributed by atoms with Gasteiger partial charge in [0, 0.05) is 0 Å². The monoisotopic (exact) mass is 426 g/mol. The predicted octanol–water partition coefficient (Wildman–Crippen LogP) is 5.76. The number of hydrogen-bond donors (Lipinski definition) is 0. The summed E-state index contributed by atoms with van der Waals surface area (Å²) in [6.45, 7) is 2.09. The van der Waals surface area contributed by atoms with E-state index in [9.17, 15) is 0 Å². The minimum absolute atomic E-state index is 1.17. The first-order valence-corrected chi connectivity index (χ1v) is 12.3. The Balaban J connectivity index is 0.000000183. The Kier molecular flexibility index (Phi) is 12.3. The maximum absolute atomic E-state index is 2.58. The molecule has 29 heavy (non-hydrogen) atoms. The van der Waals surface area contributed by atoms with E-state index in [4.69, 9.17) is 0 Å². The van der Waals surface area contributed by atoms with Gasteiger partial charge in [-0.1, -0.05) is 121 Å². The normalized spacial score (nSPS) is 9.48. The third kappa shape index (κ3) is 10.6. The molecule has 0 aliphatic carbocycles. The van der Waals surface area contributed by atoms with Gasteiger partial charge in [0.25, 0.3) is 0 Å². The van der Waals surface area contributed by atoms with E-state index in [1.807, 2.05) is 24.3 Å². The summed E-state index contributed by atoms with van der Waals surface area (Å²) in [6.07, 6.45) is 0. The van der Waals surface area contributed by atoms with Crippen molar-refractivity contribution < 1.29 is 0 Å². The van der Waals surface area contributed by atoms with Crippen LogP contribution >= 0.6 is 17.2 Å². The SMILES string of the molecule is C[CH2][Al+2].c1ccc([P-]c2ccccc2)cc1.c1ccc([P-]c2ccccc2)cc1. The van der Waals surface area contributed by atoms with Gasteiger partial charge in [0.1, 0.15) is 0 Å². The third-order valence-corrected chi connectivity index (χ3v) is 5.77. The molecule has 0 amide bonds. The second-order valence-electron chi connectivity index (χ2n) is 5.97. The Bertz CT molecular complexity index is 731. The molecule has 0 saturated heterocycles. The average Bonchev–Trinajstić information content (AvgIpc) is 2.78. The molecule has 4 aromatic carbocycles. The van der Waals surface area contributed by atoms with Crippen LogP contribution < -0.4 is 21.2 Å². The summed E-state index contributed by atoms with van der Waals surface area (Å²) < 4.78 is 0. The van der Waals surface area contributed by atoms with Crippen molar-refractivity contribution in [2.45, 2.75) is 12.2 Å². The van der Waals surface area contributed by atoms with E-state index in [1.54, 1.807) is 0 Å². The molecule has 0 radical (unpaired) electrons. The summed E-state index contributed by atoms with van der Waals surface area (Å²) in [5.74, 6) is 0. The molecule has 0 spiro atoms. The van der Waals surface area contributed by atoms with Crippen LogP contribution in [0.1, 0.15) is 6.92 Å². The first-order valence-electron chi connectivity index (χ1n) is 9.65. The van der Waals surface area contributed by atoms with Crippen molar-refractivity contribution in [1.82, 2.24) is 0 Å². The van der Waals surface area contributed by atoms with Crippen LogP contribution in [0.2, 0.25) is 5.28 Å². The maximum atomic E-state index is 2.58. The molecule has 142 valence electrons. The summed E-state index contributed by atoms with van der Waals surface area (Å²) in [7, 11) is 2.56. The Morgan fingerprint density at radius 1 is 0.448 bits per heavy atom. The van der Waals surface area contributed by atoms with Gasteiger partial charge in [0.2, 0.25) is 0 Å². The fourth-order valence-corrected chi connectivity index (χ4v) is 4.19. The Labute approximate surface area is 187 Å². The Morgan fingerprint density at radius 2 is 0.621 bits per heavy atom. The summed E-state index contributed by atoms with van der Waals surface area (Å²) in [6, 6.07) is 42.0. The molecule has 0 bridgehead atoms.